The first kappa shape index (κ1) is 18.8. The van der Waals surface area contributed by atoms with Crippen LogP contribution in [-0.2, 0) is 11.4 Å². The molecule has 1 saturated heterocycles. The van der Waals surface area contributed by atoms with E-state index in [-0.39, 0.29) is 11.7 Å². The number of carbonyl (C=O) groups excluding carboxylic acids is 1. The highest BCUT2D eigenvalue weighted by Gasteiger charge is 2.27. The average Bonchev–Trinajstić information content (AvgIpc) is 2.89. The predicted molar refractivity (Wildman–Crippen MR) is 105 cm³/mol. The zero-order valence-corrected chi connectivity index (χ0v) is 15.8. The van der Waals surface area contributed by atoms with Crippen LogP contribution >= 0.6 is 12.2 Å². The van der Waals surface area contributed by atoms with Crippen molar-refractivity contribution in [2.75, 3.05) is 13.7 Å². The summed E-state index contributed by atoms with van der Waals surface area (Å²) in [6.45, 7) is 2.64. The van der Waals surface area contributed by atoms with Crippen LogP contribution in [0.4, 0.5) is 4.39 Å². The maximum absolute atomic E-state index is 13.0. The number of rotatable bonds is 6. The topological polar surface area (TPSA) is 50.8 Å². The van der Waals surface area contributed by atoms with Crippen molar-refractivity contribution in [1.29, 1.82) is 0 Å². The molecule has 7 heteroatoms. The second kappa shape index (κ2) is 8.18. The summed E-state index contributed by atoms with van der Waals surface area (Å²) in [4.78, 5) is 13.5. The van der Waals surface area contributed by atoms with Crippen LogP contribution in [0, 0.1) is 5.82 Å². The summed E-state index contributed by atoms with van der Waals surface area (Å²) >= 11 is 5.07. The number of amides is 1. The molecule has 2 aromatic rings. The molecule has 0 spiro atoms. The number of likely N-dealkylation sites (N-methyl/N-ethyl adjacent to an activating group) is 1. The van der Waals surface area contributed by atoms with Gasteiger partial charge < -0.3 is 14.8 Å². The Morgan fingerprint density at radius 2 is 1.89 bits per heavy atom. The molecule has 1 heterocycles. The highest BCUT2D eigenvalue weighted by atomic mass is 32.1. The van der Waals surface area contributed by atoms with Gasteiger partial charge in [0.2, 0.25) is 0 Å². The van der Waals surface area contributed by atoms with Gasteiger partial charge in [0.05, 0.1) is 6.61 Å². The number of carbonyl (C=O) groups is 1. The molecule has 1 aliphatic heterocycles. The number of halogens is 1. The smallest absolute Gasteiger partial charge is 0.276 e. The fourth-order valence-electron chi connectivity index (χ4n) is 2.53. The summed E-state index contributed by atoms with van der Waals surface area (Å²) in [5, 5.41) is 3.26. The van der Waals surface area contributed by atoms with Gasteiger partial charge in [0, 0.05) is 7.05 Å². The van der Waals surface area contributed by atoms with E-state index in [0.717, 1.165) is 11.1 Å². The normalized spacial score (nSPS) is 15.2. The first-order chi connectivity index (χ1) is 13.0. The molecular weight excluding hydrogens is 367 g/mol. The van der Waals surface area contributed by atoms with Crippen LogP contribution in [-0.4, -0.2) is 29.6 Å². The van der Waals surface area contributed by atoms with Gasteiger partial charge in [-0.2, -0.15) is 0 Å². The third-order valence-electron chi connectivity index (χ3n) is 3.97. The minimum absolute atomic E-state index is 0.186. The maximum Gasteiger partial charge on any atom is 0.276 e. The average molecular weight is 386 g/mol. The number of hydrogen-bond donors (Lipinski definition) is 1. The molecule has 0 aliphatic carbocycles. The molecule has 0 saturated carbocycles. The molecule has 5 nitrogen and oxygen atoms in total. The largest absolute Gasteiger partial charge is 0.490 e. The third kappa shape index (κ3) is 4.43. The molecular formula is C20H19FN2O3S. The van der Waals surface area contributed by atoms with Gasteiger partial charge in [0.1, 0.15) is 18.1 Å². The third-order valence-corrected chi connectivity index (χ3v) is 4.34. The Bertz CT molecular complexity index is 897. The van der Waals surface area contributed by atoms with E-state index in [1.54, 1.807) is 37.4 Å². The number of hydrogen-bond acceptors (Lipinski definition) is 4. The second-order valence-corrected chi connectivity index (χ2v) is 6.29. The van der Waals surface area contributed by atoms with E-state index in [2.05, 4.69) is 5.32 Å². The van der Waals surface area contributed by atoms with Crippen LogP contribution in [0.15, 0.2) is 48.2 Å². The number of benzene rings is 2. The molecule has 3 rings (SSSR count). The van der Waals surface area contributed by atoms with Crippen LogP contribution in [0.5, 0.6) is 11.5 Å². The van der Waals surface area contributed by atoms with Crippen molar-refractivity contribution >= 4 is 29.3 Å². The molecule has 0 aromatic heterocycles. The summed E-state index contributed by atoms with van der Waals surface area (Å²) in [5.74, 6) is 0.665. The summed E-state index contributed by atoms with van der Waals surface area (Å²) in [6.07, 6.45) is 1.71. The first-order valence-electron chi connectivity index (χ1n) is 8.42. The predicted octanol–water partition coefficient (Wildman–Crippen LogP) is 3.49. The number of nitrogens with one attached hydrogen (secondary N) is 1. The van der Waals surface area contributed by atoms with Crippen LogP contribution in [0.25, 0.3) is 6.08 Å². The number of nitrogens with zero attached hydrogens (tertiary/aromatic N) is 1. The summed E-state index contributed by atoms with van der Waals surface area (Å²) < 4.78 is 24.5. The van der Waals surface area contributed by atoms with E-state index in [1.165, 1.54) is 17.0 Å². The van der Waals surface area contributed by atoms with Gasteiger partial charge in [-0.1, -0.05) is 18.2 Å². The van der Waals surface area contributed by atoms with Crippen molar-refractivity contribution < 1.29 is 18.7 Å². The van der Waals surface area contributed by atoms with Gasteiger partial charge >= 0.3 is 0 Å². The van der Waals surface area contributed by atoms with Crippen LogP contribution < -0.4 is 14.8 Å². The summed E-state index contributed by atoms with van der Waals surface area (Å²) in [5.41, 5.74) is 2.04. The van der Waals surface area contributed by atoms with Crippen LogP contribution in [0.1, 0.15) is 18.1 Å². The SMILES string of the molecule is CCOc1cc(/C=C2\NC(=S)N(C)C2=O)ccc1OCc1ccc(F)cc1. The van der Waals surface area contributed by atoms with Gasteiger partial charge in [0.25, 0.3) is 5.91 Å². The van der Waals surface area contributed by atoms with E-state index < -0.39 is 0 Å². The fourth-order valence-corrected chi connectivity index (χ4v) is 2.73. The van der Waals surface area contributed by atoms with Crippen molar-refractivity contribution in [2.45, 2.75) is 13.5 Å². The number of ether oxygens (including phenoxy) is 2. The zero-order chi connectivity index (χ0) is 19.4. The molecule has 1 amide bonds. The van der Waals surface area contributed by atoms with E-state index in [0.29, 0.717) is 35.5 Å². The standard InChI is InChI=1S/C20H19FN2O3S/c1-3-25-18-11-14(10-16-19(24)23(2)20(27)22-16)6-9-17(18)26-12-13-4-7-15(21)8-5-13/h4-11H,3,12H2,1-2H3,(H,22,27)/b16-10-. The Balaban J connectivity index is 1.79. The van der Waals surface area contributed by atoms with Crippen LogP contribution in [0.2, 0.25) is 0 Å². The highest BCUT2D eigenvalue weighted by molar-refractivity contribution is 7.80. The zero-order valence-electron chi connectivity index (χ0n) is 15.0. The van der Waals surface area contributed by atoms with Gasteiger partial charge in [-0.25, -0.2) is 4.39 Å². The van der Waals surface area contributed by atoms with Crippen LogP contribution in [0.3, 0.4) is 0 Å². The molecule has 1 fully saturated rings. The maximum atomic E-state index is 13.0. The molecule has 0 unspecified atom stereocenters. The molecule has 27 heavy (non-hydrogen) atoms. The van der Waals surface area contributed by atoms with Crippen molar-refractivity contribution in [3.8, 4) is 11.5 Å². The second-order valence-electron chi connectivity index (χ2n) is 5.91. The lowest BCUT2D eigenvalue weighted by Gasteiger charge is -2.13. The van der Waals surface area contributed by atoms with Crippen molar-refractivity contribution in [2.24, 2.45) is 0 Å². The highest BCUT2D eigenvalue weighted by Crippen LogP contribution is 2.30. The Hall–Kier alpha value is -2.93. The molecule has 0 bridgehead atoms. The van der Waals surface area contributed by atoms with Gasteiger partial charge in [0.15, 0.2) is 16.6 Å². The minimum atomic E-state index is -0.286. The Morgan fingerprint density at radius 3 is 2.52 bits per heavy atom. The van der Waals surface area contributed by atoms with E-state index >= 15 is 0 Å². The van der Waals surface area contributed by atoms with E-state index in [1.807, 2.05) is 13.0 Å². The quantitative estimate of drug-likeness (QED) is 0.608. The Morgan fingerprint density at radius 1 is 1.15 bits per heavy atom. The lowest BCUT2D eigenvalue weighted by molar-refractivity contribution is -0.121. The molecule has 2 aromatic carbocycles. The van der Waals surface area contributed by atoms with Gasteiger partial charge in [-0.15, -0.1) is 0 Å². The van der Waals surface area contributed by atoms with Crippen molar-refractivity contribution in [3.05, 3.63) is 65.1 Å². The molecule has 1 N–H and O–H groups in total. The summed E-state index contributed by atoms with van der Waals surface area (Å²) in [7, 11) is 1.62. The number of thiocarbonyl (C=S) groups is 1. The lowest BCUT2D eigenvalue weighted by Crippen LogP contribution is -2.25. The van der Waals surface area contributed by atoms with Crippen molar-refractivity contribution in [3.63, 3.8) is 0 Å². The minimum Gasteiger partial charge on any atom is -0.490 e. The Labute approximate surface area is 162 Å². The molecule has 1 aliphatic rings. The monoisotopic (exact) mass is 386 g/mol. The fraction of sp³-hybridized carbons (Fsp3) is 0.200. The molecule has 0 atom stereocenters. The summed E-state index contributed by atoms with van der Waals surface area (Å²) in [6, 6.07) is 11.5. The first-order valence-corrected chi connectivity index (χ1v) is 8.83. The van der Waals surface area contributed by atoms with E-state index in [9.17, 15) is 9.18 Å². The molecule has 140 valence electrons. The van der Waals surface area contributed by atoms with Crippen molar-refractivity contribution in [1.82, 2.24) is 10.2 Å². The van der Waals surface area contributed by atoms with E-state index in [4.69, 9.17) is 21.7 Å². The van der Waals surface area contributed by atoms with Gasteiger partial charge in [-0.05, 0) is 60.6 Å². The van der Waals surface area contributed by atoms with Gasteiger partial charge in [-0.3, -0.25) is 9.69 Å². The lowest BCUT2D eigenvalue weighted by atomic mass is 10.1. The molecule has 0 radical (unpaired) electrons. The Kier molecular flexibility index (Phi) is 5.71.